The topological polar surface area (TPSA) is 78.7 Å². The van der Waals surface area contributed by atoms with Gasteiger partial charge in [0.1, 0.15) is 5.52 Å². The first-order chi connectivity index (χ1) is 16.8. The van der Waals surface area contributed by atoms with Gasteiger partial charge >= 0.3 is 0 Å². The molecule has 4 aromatic rings. The van der Waals surface area contributed by atoms with Crippen molar-refractivity contribution in [3.63, 3.8) is 0 Å². The van der Waals surface area contributed by atoms with Crippen molar-refractivity contribution in [1.82, 2.24) is 9.88 Å². The highest BCUT2D eigenvalue weighted by molar-refractivity contribution is 7.90. The van der Waals surface area contributed by atoms with Gasteiger partial charge in [-0.3, -0.25) is 0 Å². The first kappa shape index (κ1) is 23.4. The van der Waals surface area contributed by atoms with E-state index in [1.165, 1.54) is 17.5 Å². The minimum absolute atomic E-state index is 0.291. The second kappa shape index (κ2) is 9.36. The molecule has 5 rings (SSSR count). The summed E-state index contributed by atoms with van der Waals surface area (Å²) in [5, 5.41) is 3.30. The number of anilines is 3. The smallest absolute Gasteiger partial charge is 0.300 e. The fourth-order valence-corrected chi connectivity index (χ4v) is 5.26. The lowest BCUT2D eigenvalue weighted by atomic mass is 10.1. The number of para-hydroxylation sites is 1. The van der Waals surface area contributed by atoms with Gasteiger partial charge in [-0.05, 0) is 61.0 Å². The highest BCUT2D eigenvalue weighted by Crippen LogP contribution is 2.33. The number of aromatic nitrogens is 1. The van der Waals surface area contributed by atoms with Crippen molar-refractivity contribution < 1.29 is 12.8 Å². The van der Waals surface area contributed by atoms with Gasteiger partial charge in [0.2, 0.25) is 0 Å². The average molecular weight is 491 g/mol. The molecule has 0 spiro atoms. The molecular formula is C27H30N4O3S. The highest BCUT2D eigenvalue weighted by Gasteiger charge is 2.18. The van der Waals surface area contributed by atoms with Gasteiger partial charge in [-0.2, -0.15) is 4.98 Å². The Bertz CT molecular complexity index is 1450. The Labute approximate surface area is 206 Å². The SMILES string of the molecule is CCN1CCN(c2ccc(Nc3nc4cccc(-c5ccc(S(C)(=O)=O)cc5)c4o3)cc2C)CC1. The molecule has 182 valence electrons. The maximum atomic E-state index is 11.8. The number of oxazole rings is 1. The van der Waals surface area contributed by atoms with Crippen molar-refractivity contribution in [1.29, 1.82) is 0 Å². The van der Waals surface area contributed by atoms with Crippen molar-refractivity contribution in [2.45, 2.75) is 18.7 Å². The normalized spacial score (nSPS) is 15.0. The number of hydrogen-bond donors (Lipinski definition) is 1. The van der Waals surface area contributed by atoms with Crippen LogP contribution in [0.25, 0.3) is 22.2 Å². The van der Waals surface area contributed by atoms with E-state index in [0.29, 0.717) is 16.5 Å². The van der Waals surface area contributed by atoms with E-state index in [9.17, 15) is 8.42 Å². The van der Waals surface area contributed by atoms with E-state index in [4.69, 9.17) is 4.42 Å². The number of hydrogen-bond acceptors (Lipinski definition) is 7. The number of piperazine rings is 1. The van der Waals surface area contributed by atoms with Gasteiger partial charge in [0.25, 0.3) is 6.01 Å². The van der Waals surface area contributed by atoms with E-state index in [1.54, 1.807) is 24.3 Å². The third-order valence-corrected chi connectivity index (χ3v) is 7.75. The summed E-state index contributed by atoms with van der Waals surface area (Å²) in [5.41, 5.74) is 6.52. The summed E-state index contributed by atoms with van der Waals surface area (Å²) >= 11 is 0. The number of nitrogens with one attached hydrogen (secondary N) is 1. The quantitative estimate of drug-likeness (QED) is 0.403. The third kappa shape index (κ3) is 4.90. The van der Waals surface area contributed by atoms with E-state index in [1.807, 2.05) is 18.2 Å². The van der Waals surface area contributed by atoms with Gasteiger partial charge in [-0.1, -0.05) is 31.2 Å². The van der Waals surface area contributed by atoms with Gasteiger partial charge in [-0.15, -0.1) is 0 Å². The second-order valence-electron chi connectivity index (χ2n) is 9.02. The van der Waals surface area contributed by atoms with E-state index in [0.717, 1.165) is 55.1 Å². The molecule has 1 aromatic heterocycles. The average Bonchev–Trinajstić information content (AvgIpc) is 3.26. The molecule has 0 bridgehead atoms. The number of benzene rings is 3. The Hall–Kier alpha value is -3.36. The Balaban J connectivity index is 1.37. The van der Waals surface area contributed by atoms with Crippen LogP contribution in [-0.4, -0.2) is 57.3 Å². The minimum Gasteiger partial charge on any atom is -0.423 e. The summed E-state index contributed by atoms with van der Waals surface area (Å²) in [6.07, 6.45) is 1.21. The van der Waals surface area contributed by atoms with Crippen LogP contribution in [0.5, 0.6) is 0 Å². The number of fused-ring (bicyclic) bond motifs is 1. The van der Waals surface area contributed by atoms with E-state index >= 15 is 0 Å². The molecule has 8 heteroatoms. The molecule has 7 nitrogen and oxygen atoms in total. The Kier molecular flexibility index (Phi) is 6.25. The number of rotatable bonds is 6. The van der Waals surface area contributed by atoms with Gasteiger partial charge in [0, 0.05) is 49.4 Å². The molecular weight excluding hydrogens is 460 g/mol. The lowest BCUT2D eigenvalue weighted by Gasteiger charge is -2.36. The van der Waals surface area contributed by atoms with Crippen molar-refractivity contribution in [2.24, 2.45) is 0 Å². The van der Waals surface area contributed by atoms with Crippen LogP contribution in [-0.2, 0) is 9.84 Å². The Morgan fingerprint density at radius 2 is 1.74 bits per heavy atom. The van der Waals surface area contributed by atoms with E-state index in [-0.39, 0.29) is 0 Å². The van der Waals surface area contributed by atoms with Crippen LogP contribution in [0.2, 0.25) is 0 Å². The van der Waals surface area contributed by atoms with Gasteiger partial charge in [0.15, 0.2) is 15.4 Å². The zero-order chi connectivity index (χ0) is 24.6. The molecule has 0 radical (unpaired) electrons. The largest absolute Gasteiger partial charge is 0.423 e. The molecule has 1 fully saturated rings. The van der Waals surface area contributed by atoms with E-state index in [2.05, 4.69) is 52.1 Å². The number of likely N-dealkylation sites (N-methyl/N-ethyl adjacent to an activating group) is 1. The van der Waals surface area contributed by atoms with Crippen molar-refractivity contribution in [2.75, 3.05) is 49.2 Å². The second-order valence-corrected chi connectivity index (χ2v) is 11.0. The molecule has 1 N–H and O–H groups in total. The van der Waals surface area contributed by atoms with Crippen LogP contribution in [0, 0.1) is 6.92 Å². The summed E-state index contributed by atoms with van der Waals surface area (Å²) in [5.74, 6) is 0. The van der Waals surface area contributed by atoms with Crippen LogP contribution >= 0.6 is 0 Å². The zero-order valence-electron chi connectivity index (χ0n) is 20.3. The standard InChI is InChI=1S/C27H30N4O3S/c1-4-30-14-16-31(17-15-30)25-13-10-21(18-19(25)2)28-27-29-24-7-5-6-23(26(24)34-27)20-8-11-22(12-9-20)35(3,32)33/h5-13,18H,4,14-17H2,1-3H3,(H,28,29). The van der Waals surface area contributed by atoms with Gasteiger partial charge < -0.3 is 19.5 Å². The molecule has 1 saturated heterocycles. The minimum atomic E-state index is -3.24. The Morgan fingerprint density at radius 1 is 1.00 bits per heavy atom. The summed E-state index contributed by atoms with van der Waals surface area (Å²) in [4.78, 5) is 9.84. The predicted octanol–water partition coefficient (Wildman–Crippen LogP) is 5.09. The molecule has 1 aliphatic heterocycles. The maximum Gasteiger partial charge on any atom is 0.300 e. The number of sulfone groups is 1. The van der Waals surface area contributed by atoms with Crippen LogP contribution in [0.15, 0.2) is 70.0 Å². The maximum absolute atomic E-state index is 11.8. The van der Waals surface area contributed by atoms with Crippen LogP contribution in [0.1, 0.15) is 12.5 Å². The van der Waals surface area contributed by atoms with Gasteiger partial charge in [-0.25, -0.2) is 8.42 Å². The lowest BCUT2D eigenvalue weighted by Crippen LogP contribution is -2.46. The van der Waals surface area contributed by atoms with Crippen LogP contribution in [0.4, 0.5) is 17.4 Å². The van der Waals surface area contributed by atoms with E-state index < -0.39 is 9.84 Å². The predicted molar refractivity (Wildman–Crippen MR) is 141 cm³/mol. The fraction of sp³-hybridized carbons (Fsp3) is 0.296. The van der Waals surface area contributed by atoms with Gasteiger partial charge in [0.05, 0.1) is 4.90 Å². The van der Waals surface area contributed by atoms with Crippen LogP contribution in [0.3, 0.4) is 0 Å². The monoisotopic (exact) mass is 490 g/mol. The Morgan fingerprint density at radius 3 is 2.40 bits per heavy atom. The molecule has 0 saturated carbocycles. The zero-order valence-corrected chi connectivity index (χ0v) is 21.1. The van der Waals surface area contributed by atoms with Crippen molar-refractivity contribution in [3.8, 4) is 11.1 Å². The number of aryl methyl sites for hydroxylation is 1. The summed E-state index contributed by atoms with van der Waals surface area (Å²) in [6.45, 7) is 9.73. The lowest BCUT2D eigenvalue weighted by molar-refractivity contribution is 0.271. The molecule has 3 aromatic carbocycles. The van der Waals surface area contributed by atoms with Crippen molar-refractivity contribution in [3.05, 3.63) is 66.2 Å². The third-order valence-electron chi connectivity index (χ3n) is 6.62. The number of nitrogens with zero attached hydrogens (tertiary/aromatic N) is 3. The first-order valence-electron chi connectivity index (χ1n) is 11.9. The molecule has 0 unspecified atom stereocenters. The highest BCUT2D eigenvalue weighted by atomic mass is 32.2. The van der Waals surface area contributed by atoms with Crippen molar-refractivity contribution >= 4 is 38.3 Å². The molecule has 1 aliphatic rings. The molecule has 0 atom stereocenters. The molecule has 2 heterocycles. The molecule has 0 amide bonds. The summed E-state index contributed by atoms with van der Waals surface area (Å²) in [7, 11) is -3.24. The summed E-state index contributed by atoms with van der Waals surface area (Å²) in [6, 6.07) is 19.4. The van der Waals surface area contributed by atoms with Crippen LogP contribution < -0.4 is 10.2 Å². The fourth-order valence-electron chi connectivity index (χ4n) is 4.63. The first-order valence-corrected chi connectivity index (χ1v) is 13.8. The summed E-state index contributed by atoms with van der Waals surface area (Å²) < 4.78 is 29.7. The molecule has 0 aliphatic carbocycles. The molecule has 35 heavy (non-hydrogen) atoms.